The van der Waals surface area contributed by atoms with Gasteiger partial charge in [0.05, 0.1) is 29.1 Å². The molecule has 2 aromatic carbocycles. The van der Waals surface area contributed by atoms with Gasteiger partial charge in [-0.05, 0) is 55.3 Å². The van der Waals surface area contributed by atoms with Crippen molar-refractivity contribution in [1.29, 1.82) is 0 Å². The first kappa shape index (κ1) is 22.3. The maximum atomic E-state index is 11.7. The SMILES string of the molecule is CC(=O)Nc1ccc(N=Nc2ccc(N3CCCC3)cc2)cc1Nc1nc(N)c2ncn(C)c2n1. The van der Waals surface area contributed by atoms with Gasteiger partial charge in [0.2, 0.25) is 11.9 Å². The first-order valence-electron chi connectivity index (χ1n) is 11.4. The number of imidazole rings is 1. The molecule has 4 aromatic rings. The summed E-state index contributed by atoms with van der Waals surface area (Å²) in [4.78, 5) is 27.1. The number of anilines is 5. The van der Waals surface area contributed by atoms with Crippen LogP contribution in [0.4, 0.5) is 40.2 Å². The van der Waals surface area contributed by atoms with E-state index in [1.807, 2.05) is 19.2 Å². The predicted molar refractivity (Wildman–Crippen MR) is 137 cm³/mol. The first-order valence-corrected chi connectivity index (χ1v) is 11.4. The van der Waals surface area contributed by atoms with Gasteiger partial charge in [0.1, 0.15) is 5.52 Å². The number of carbonyl (C=O) groups excluding carboxylic acids is 1. The lowest BCUT2D eigenvalue weighted by atomic mass is 10.2. The second-order valence-corrected chi connectivity index (χ2v) is 8.41. The number of nitrogen functional groups attached to an aromatic ring is 1. The largest absolute Gasteiger partial charge is 0.382 e. The van der Waals surface area contributed by atoms with E-state index in [-0.39, 0.29) is 17.7 Å². The van der Waals surface area contributed by atoms with Gasteiger partial charge in [0.15, 0.2) is 11.5 Å². The fraction of sp³-hybridized carbons (Fsp3) is 0.250. The van der Waals surface area contributed by atoms with E-state index < -0.39 is 0 Å². The van der Waals surface area contributed by atoms with Gasteiger partial charge in [-0.1, -0.05) is 0 Å². The Labute approximate surface area is 202 Å². The third-order valence-corrected chi connectivity index (χ3v) is 5.75. The van der Waals surface area contributed by atoms with Crippen molar-refractivity contribution in [2.75, 3.05) is 34.4 Å². The van der Waals surface area contributed by atoms with E-state index >= 15 is 0 Å². The molecule has 0 aliphatic carbocycles. The standard InChI is InChI=1S/C24H26N10O/c1-15(35)27-19-10-7-17(32-31-16-5-8-18(9-6-16)34-11-3-4-12-34)13-20(19)28-24-29-22(25)21-23(30-24)33(2)14-26-21/h5-10,13-14H,3-4,11-12H2,1-2H3,(H,27,35)(H3,25,28,29,30). The van der Waals surface area contributed by atoms with Crippen LogP contribution in [0.3, 0.4) is 0 Å². The van der Waals surface area contributed by atoms with Crippen LogP contribution < -0.4 is 21.3 Å². The summed E-state index contributed by atoms with van der Waals surface area (Å²) < 4.78 is 1.76. The molecule has 11 nitrogen and oxygen atoms in total. The first-order chi connectivity index (χ1) is 17.0. The van der Waals surface area contributed by atoms with E-state index in [1.54, 1.807) is 29.1 Å². The molecule has 35 heavy (non-hydrogen) atoms. The number of aromatic nitrogens is 4. The zero-order chi connectivity index (χ0) is 24.4. The van der Waals surface area contributed by atoms with Crippen molar-refractivity contribution in [3.63, 3.8) is 0 Å². The second-order valence-electron chi connectivity index (χ2n) is 8.41. The molecule has 5 rings (SSSR count). The Bertz CT molecular complexity index is 1400. The minimum atomic E-state index is -0.206. The highest BCUT2D eigenvalue weighted by Gasteiger charge is 2.13. The molecule has 0 atom stereocenters. The number of nitrogens with zero attached hydrogens (tertiary/aromatic N) is 7. The lowest BCUT2D eigenvalue weighted by Gasteiger charge is -2.17. The Morgan fingerprint density at radius 1 is 1.00 bits per heavy atom. The molecular formula is C24H26N10O. The molecule has 3 heterocycles. The van der Waals surface area contributed by atoms with Crippen LogP contribution in [0.5, 0.6) is 0 Å². The van der Waals surface area contributed by atoms with Crippen molar-refractivity contribution in [2.45, 2.75) is 19.8 Å². The molecule has 0 bridgehead atoms. The summed E-state index contributed by atoms with van der Waals surface area (Å²) in [6.45, 7) is 3.64. The average molecular weight is 471 g/mol. The molecule has 0 spiro atoms. The van der Waals surface area contributed by atoms with Crippen LogP contribution in [0.15, 0.2) is 59.0 Å². The third kappa shape index (κ3) is 4.88. The van der Waals surface area contributed by atoms with Crippen molar-refractivity contribution in [3.8, 4) is 0 Å². The Morgan fingerprint density at radius 3 is 2.46 bits per heavy atom. The van der Waals surface area contributed by atoms with Crippen LogP contribution in [-0.4, -0.2) is 38.5 Å². The molecule has 0 unspecified atom stereocenters. The summed E-state index contributed by atoms with van der Waals surface area (Å²) in [6, 6.07) is 13.4. The van der Waals surface area contributed by atoms with Gasteiger partial charge in [0, 0.05) is 32.7 Å². The van der Waals surface area contributed by atoms with Gasteiger partial charge in [-0.2, -0.15) is 20.2 Å². The van der Waals surface area contributed by atoms with Gasteiger partial charge in [-0.3, -0.25) is 4.79 Å². The molecule has 0 saturated carbocycles. The molecule has 2 aromatic heterocycles. The maximum absolute atomic E-state index is 11.7. The van der Waals surface area contributed by atoms with Crippen molar-refractivity contribution >= 4 is 57.3 Å². The summed E-state index contributed by atoms with van der Waals surface area (Å²) in [5.41, 5.74) is 10.9. The molecule has 1 saturated heterocycles. The number of carbonyl (C=O) groups is 1. The number of hydrogen-bond acceptors (Lipinski definition) is 9. The smallest absolute Gasteiger partial charge is 0.231 e. The fourth-order valence-electron chi connectivity index (χ4n) is 4.02. The number of nitrogens with one attached hydrogen (secondary N) is 2. The normalized spacial score (nSPS) is 13.6. The molecule has 0 radical (unpaired) electrons. The van der Waals surface area contributed by atoms with Crippen LogP contribution in [-0.2, 0) is 11.8 Å². The van der Waals surface area contributed by atoms with E-state index in [1.165, 1.54) is 25.5 Å². The number of aryl methyl sites for hydroxylation is 1. The van der Waals surface area contributed by atoms with E-state index in [0.717, 1.165) is 18.8 Å². The summed E-state index contributed by atoms with van der Waals surface area (Å²) in [6.07, 6.45) is 4.10. The quantitative estimate of drug-likeness (QED) is 0.348. The van der Waals surface area contributed by atoms with Crippen molar-refractivity contribution in [2.24, 2.45) is 17.3 Å². The predicted octanol–water partition coefficient (Wildman–Crippen LogP) is 4.66. The van der Waals surface area contributed by atoms with Gasteiger partial charge < -0.3 is 25.8 Å². The highest BCUT2D eigenvalue weighted by atomic mass is 16.1. The van der Waals surface area contributed by atoms with E-state index in [2.05, 4.69) is 52.8 Å². The molecule has 178 valence electrons. The second kappa shape index (κ2) is 9.37. The Hall–Kier alpha value is -4.54. The molecule has 1 fully saturated rings. The maximum Gasteiger partial charge on any atom is 0.231 e. The van der Waals surface area contributed by atoms with Crippen molar-refractivity contribution < 1.29 is 4.79 Å². The topological polar surface area (TPSA) is 139 Å². The summed E-state index contributed by atoms with van der Waals surface area (Å²) in [5, 5.41) is 14.7. The average Bonchev–Trinajstić information content (AvgIpc) is 3.50. The van der Waals surface area contributed by atoms with Gasteiger partial charge >= 0.3 is 0 Å². The van der Waals surface area contributed by atoms with Crippen LogP contribution in [0.2, 0.25) is 0 Å². The molecule has 11 heteroatoms. The molecule has 1 aliphatic rings. The monoisotopic (exact) mass is 470 g/mol. The summed E-state index contributed by atoms with van der Waals surface area (Å²) >= 11 is 0. The molecule has 1 amide bonds. The van der Waals surface area contributed by atoms with Crippen LogP contribution in [0, 0.1) is 0 Å². The van der Waals surface area contributed by atoms with Gasteiger partial charge in [0.25, 0.3) is 0 Å². The Kier molecular flexibility index (Phi) is 5.96. The summed E-state index contributed by atoms with van der Waals surface area (Å²) in [5.74, 6) is 0.326. The van der Waals surface area contributed by atoms with E-state index in [9.17, 15) is 4.79 Å². The highest BCUT2D eigenvalue weighted by Crippen LogP contribution is 2.31. The van der Waals surface area contributed by atoms with Crippen molar-refractivity contribution in [1.82, 2.24) is 19.5 Å². The highest BCUT2D eigenvalue weighted by molar-refractivity contribution is 5.94. The zero-order valence-corrected chi connectivity index (χ0v) is 19.6. The summed E-state index contributed by atoms with van der Waals surface area (Å²) in [7, 11) is 1.83. The lowest BCUT2D eigenvalue weighted by molar-refractivity contribution is -0.114. The zero-order valence-electron chi connectivity index (χ0n) is 19.6. The number of benzene rings is 2. The Balaban J connectivity index is 1.41. The van der Waals surface area contributed by atoms with Gasteiger partial charge in [-0.25, -0.2) is 4.98 Å². The lowest BCUT2D eigenvalue weighted by Crippen LogP contribution is -2.17. The Morgan fingerprint density at radius 2 is 1.71 bits per heavy atom. The number of azo groups is 1. The third-order valence-electron chi connectivity index (χ3n) is 5.75. The fourth-order valence-corrected chi connectivity index (χ4v) is 4.02. The minimum absolute atomic E-state index is 0.206. The number of rotatable bonds is 6. The number of amides is 1. The number of fused-ring (bicyclic) bond motifs is 1. The molecule has 1 aliphatic heterocycles. The van der Waals surface area contributed by atoms with E-state index in [4.69, 9.17) is 5.73 Å². The number of hydrogen-bond donors (Lipinski definition) is 3. The van der Waals surface area contributed by atoms with Gasteiger partial charge in [-0.15, -0.1) is 0 Å². The number of nitrogens with two attached hydrogens (primary N) is 1. The molecular weight excluding hydrogens is 444 g/mol. The van der Waals surface area contributed by atoms with Crippen LogP contribution in [0.25, 0.3) is 11.2 Å². The van der Waals surface area contributed by atoms with Crippen molar-refractivity contribution in [3.05, 3.63) is 48.8 Å². The minimum Gasteiger partial charge on any atom is -0.382 e. The van der Waals surface area contributed by atoms with Crippen LogP contribution in [0.1, 0.15) is 19.8 Å². The van der Waals surface area contributed by atoms with E-state index in [0.29, 0.717) is 28.2 Å². The van der Waals surface area contributed by atoms with Crippen LogP contribution >= 0.6 is 0 Å². The molecule has 4 N–H and O–H groups in total.